The molecular weight excluding hydrogens is 228 g/mol. The number of rotatable bonds is 3. The Labute approximate surface area is 107 Å². The molecule has 0 saturated heterocycles. The van der Waals surface area contributed by atoms with Crippen molar-refractivity contribution in [2.24, 2.45) is 0 Å². The molecule has 18 heavy (non-hydrogen) atoms. The van der Waals surface area contributed by atoms with Crippen molar-refractivity contribution in [2.75, 3.05) is 28.2 Å². The van der Waals surface area contributed by atoms with Gasteiger partial charge in [-0.1, -0.05) is 6.07 Å². The van der Waals surface area contributed by atoms with Crippen molar-refractivity contribution >= 4 is 11.6 Å². The third-order valence-corrected chi connectivity index (χ3v) is 2.70. The molecule has 5 nitrogen and oxygen atoms in total. The predicted octanol–water partition coefficient (Wildman–Crippen LogP) is 1.10. The number of aromatic nitrogens is 2. The number of nitrogens with zero attached hydrogens (tertiary/aromatic N) is 4. The molecule has 5 heteroatoms. The Balaban J connectivity index is 2.60. The van der Waals surface area contributed by atoms with E-state index in [2.05, 4.69) is 4.98 Å². The third-order valence-electron chi connectivity index (χ3n) is 2.70. The Morgan fingerprint density at radius 2 is 2.00 bits per heavy atom. The lowest BCUT2D eigenvalue weighted by Gasteiger charge is -2.13. The van der Waals surface area contributed by atoms with Crippen molar-refractivity contribution in [3.8, 4) is 0 Å². The van der Waals surface area contributed by atoms with Crippen LogP contribution in [0.25, 0.3) is 5.65 Å². The number of carbonyl (C=O) groups excluding carboxylic acids is 1. The maximum Gasteiger partial charge on any atom is 0.273 e. The second-order valence-electron chi connectivity index (χ2n) is 4.77. The fraction of sp³-hybridized carbons (Fsp3) is 0.385. The summed E-state index contributed by atoms with van der Waals surface area (Å²) in [6.07, 6.45) is 1.94. The van der Waals surface area contributed by atoms with E-state index >= 15 is 0 Å². The van der Waals surface area contributed by atoms with Crippen LogP contribution in [-0.4, -0.2) is 53.3 Å². The second kappa shape index (κ2) is 4.78. The van der Waals surface area contributed by atoms with Gasteiger partial charge in [0.15, 0.2) is 5.69 Å². The summed E-state index contributed by atoms with van der Waals surface area (Å²) in [5, 5.41) is 0. The van der Waals surface area contributed by atoms with Gasteiger partial charge in [0.25, 0.3) is 5.91 Å². The summed E-state index contributed by atoms with van der Waals surface area (Å²) < 4.78 is 1.97. The average Bonchev–Trinajstić information content (AvgIpc) is 2.66. The number of pyridine rings is 1. The first-order chi connectivity index (χ1) is 8.50. The van der Waals surface area contributed by atoms with Crippen LogP contribution in [0.4, 0.5) is 0 Å². The molecule has 0 bridgehead atoms. The zero-order valence-corrected chi connectivity index (χ0v) is 11.2. The standard InChI is InChI=1S/C13H18N4O/c1-15(2)9-10-12(13(18)16(3)4)14-11-7-5-6-8-17(10)11/h5-8H,9H2,1-4H3. The van der Waals surface area contributed by atoms with Gasteiger partial charge in [0.1, 0.15) is 5.65 Å². The highest BCUT2D eigenvalue weighted by Crippen LogP contribution is 2.15. The van der Waals surface area contributed by atoms with Crippen LogP contribution in [0.3, 0.4) is 0 Å². The minimum Gasteiger partial charge on any atom is -0.343 e. The molecule has 0 saturated carbocycles. The normalized spacial score (nSPS) is 11.2. The van der Waals surface area contributed by atoms with Crippen LogP contribution in [-0.2, 0) is 6.54 Å². The van der Waals surface area contributed by atoms with Gasteiger partial charge in [0.2, 0.25) is 0 Å². The first-order valence-corrected chi connectivity index (χ1v) is 5.83. The van der Waals surface area contributed by atoms with Crippen molar-refractivity contribution in [2.45, 2.75) is 6.54 Å². The van der Waals surface area contributed by atoms with Gasteiger partial charge in [-0.3, -0.25) is 4.79 Å². The quantitative estimate of drug-likeness (QED) is 0.814. The van der Waals surface area contributed by atoms with Gasteiger partial charge in [-0.05, 0) is 26.2 Å². The molecule has 0 fully saturated rings. The lowest BCUT2D eigenvalue weighted by atomic mass is 10.3. The van der Waals surface area contributed by atoms with Gasteiger partial charge in [0, 0.05) is 26.8 Å². The molecule has 0 aliphatic carbocycles. The topological polar surface area (TPSA) is 40.9 Å². The summed E-state index contributed by atoms with van der Waals surface area (Å²) in [5.41, 5.74) is 2.26. The van der Waals surface area contributed by atoms with Crippen LogP contribution in [0.1, 0.15) is 16.2 Å². The Bertz CT molecular complexity index is 571. The molecule has 2 rings (SSSR count). The van der Waals surface area contributed by atoms with Gasteiger partial charge in [-0.2, -0.15) is 0 Å². The highest BCUT2D eigenvalue weighted by Gasteiger charge is 2.20. The molecule has 0 N–H and O–H groups in total. The summed E-state index contributed by atoms with van der Waals surface area (Å²) in [6.45, 7) is 0.681. The van der Waals surface area contributed by atoms with Crippen LogP contribution in [0.15, 0.2) is 24.4 Å². The van der Waals surface area contributed by atoms with Gasteiger partial charge in [-0.25, -0.2) is 4.98 Å². The van der Waals surface area contributed by atoms with Crippen molar-refractivity contribution in [1.29, 1.82) is 0 Å². The van der Waals surface area contributed by atoms with Crippen LogP contribution in [0.2, 0.25) is 0 Å². The van der Waals surface area contributed by atoms with Crippen LogP contribution in [0, 0.1) is 0 Å². The Hall–Kier alpha value is -1.88. The SMILES string of the molecule is CN(C)Cc1c(C(=O)N(C)C)nc2ccccn12. The monoisotopic (exact) mass is 246 g/mol. The van der Waals surface area contributed by atoms with E-state index in [-0.39, 0.29) is 5.91 Å². The molecule has 0 unspecified atom stereocenters. The zero-order chi connectivity index (χ0) is 13.3. The van der Waals surface area contributed by atoms with E-state index in [0.29, 0.717) is 12.2 Å². The lowest BCUT2D eigenvalue weighted by molar-refractivity contribution is 0.0820. The van der Waals surface area contributed by atoms with E-state index in [1.807, 2.05) is 47.8 Å². The molecule has 96 valence electrons. The van der Waals surface area contributed by atoms with Crippen LogP contribution < -0.4 is 0 Å². The molecule has 0 aliphatic heterocycles. The van der Waals surface area contributed by atoms with Crippen LogP contribution >= 0.6 is 0 Å². The molecule has 2 heterocycles. The summed E-state index contributed by atoms with van der Waals surface area (Å²) in [6, 6.07) is 5.77. The third kappa shape index (κ3) is 2.22. The van der Waals surface area contributed by atoms with Crippen molar-refractivity contribution in [3.63, 3.8) is 0 Å². The predicted molar refractivity (Wildman–Crippen MR) is 70.6 cm³/mol. The number of amides is 1. The molecule has 1 amide bonds. The van der Waals surface area contributed by atoms with E-state index < -0.39 is 0 Å². The molecule has 2 aromatic heterocycles. The van der Waals surface area contributed by atoms with Crippen molar-refractivity contribution < 1.29 is 4.79 Å². The number of fused-ring (bicyclic) bond motifs is 1. The molecule has 0 aromatic carbocycles. The number of imidazole rings is 1. The fourth-order valence-electron chi connectivity index (χ4n) is 1.88. The van der Waals surface area contributed by atoms with E-state index in [0.717, 1.165) is 11.3 Å². The summed E-state index contributed by atoms with van der Waals surface area (Å²) in [4.78, 5) is 20.2. The smallest absolute Gasteiger partial charge is 0.273 e. The largest absolute Gasteiger partial charge is 0.343 e. The second-order valence-corrected chi connectivity index (χ2v) is 4.77. The average molecular weight is 246 g/mol. The van der Waals surface area contributed by atoms with E-state index in [1.54, 1.807) is 19.0 Å². The van der Waals surface area contributed by atoms with E-state index in [1.165, 1.54) is 0 Å². The Kier molecular flexibility index (Phi) is 3.34. The highest BCUT2D eigenvalue weighted by atomic mass is 16.2. The summed E-state index contributed by atoms with van der Waals surface area (Å²) >= 11 is 0. The van der Waals surface area contributed by atoms with E-state index in [4.69, 9.17) is 0 Å². The lowest BCUT2D eigenvalue weighted by Crippen LogP contribution is -2.25. The molecule has 0 radical (unpaired) electrons. The van der Waals surface area contributed by atoms with Crippen molar-refractivity contribution in [1.82, 2.24) is 19.2 Å². The van der Waals surface area contributed by atoms with Gasteiger partial charge in [0.05, 0.1) is 5.69 Å². The first kappa shape index (κ1) is 12.6. The van der Waals surface area contributed by atoms with Gasteiger partial charge in [-0.15, -0.1) is 0 Å². The summed E-state index contributed by atoms with van der Waals surface area (Å²) in [5.74, 6) is -0.0597. The summed E-state index contributed by atoms with van der Waals surface area (Å²) in [7, 11) is 7.44. The zero-order valence-electron chi connectivity index (χ0n) is 11.2. The maximum atomic E-state index is 12.1. The Morgan fingerprint density at radius 3 is 2.61 bits per heavy atom. The van der Waals surface area contributed by atoms with Gasteiger partial charge < -0.3 is 14.2 Å². The molecule has 0 spiro atoms. The van der Waals surface area contributed by atoms with Crippen molar-refractivity contribution in [3.05, 3.63) is 35.8 Å². The minimum atomic E-state index is -0.0597. The minimum absolute atomic E-state index is 0.0597. The molecule has 0 atom stereocenters. The number of carbonyl (C=O) groups is 1. The van der Waals surface area contributed by atoms with Crippen LogP contribution in [0.5, 0.6) is 0 Å². The molecule has 0 aliphatic rings. The number of hydrogen-bond donors (Lipinski definition) is 0. The highest BCUT2D eigenvalue weighted by molar-refractivity contribution is 5.94. The Morgan fingerprint density at radius 1 is 1.28 bits per heavy atom. The van der Waals surface area contributed by atoms with Gasteiger partial charge >= 0.3 is 0 Å². The maximum absolute atomic E-state index is 12.1. The van der Waals surface area contributed by atoms with E-state index in [9.17, 15) is 4.79 Å². The molecule has 2 aromatic rings. The number of hydrogen-bond acceptors (Lipinski definition) is 3. The first-order valence-electron chi connectivity index (χ1n) is 5.83. The molecular formula is C13H18N4O. The fourth-order valence-corrected chi connectivity index (χ4v) is 1.88.